The number of aromatic nitrogens is 1. The zero-order chi connectivity index (χ0) is 17.2. The van der Waals surface area contributed by atoms with Gasteiger partial charge in [-0.25, -0.2) is 13.4 Å². The lowest BCUT2D eigenvalue weighted by Crippen LogP contribution is -2.13. The highest BCUT2D eigenvalue weighted by Crippen LogP contribution is 2.28. The quantitative estimate of drug-likeness (QED) is 0.715. The summed E-state index contributed by atoms with van der Waals surface area (Å²) in [6.07, 6.45) is 1.62. The number of nitrogens with zero attached hydrogens (tertiary/aromatic N) is 2. The van der Waals surface area contributed by atoms with Crippen LogP contribution in [0.2, 0.25) is 4.34 Å². The number of hydrogen-bond acceptors (Lipinski definition) is 5. The zero-order valence-electron chi connectivity index (χ0n) is 12.7. The van der Waals surface area contributed by atoms with Crippen LogP contribution in [0.1, 0.15) is 0 Å². The minimum atomic E-state index is -3.67. The number of pyridine rings is 1. The summed E-state index contributed by atoms with van der Waals surface area (Å²) in [7, 11) is -1.75. The molecule has 2 heterocycles. The highest BCUT2D eigenvalue weighted by atomic mass is 35.5. The minimum absolute atomic E-state index is 0.153. The molecular formula is C16H14ClN3O2S2. The van der Waals surface area contributed by atoms with Crippen molar-refractivity contribution in [2.75, 3.05) is 16.7 Å². The van der Waals surface area contributed by atoms with E-state index in [4.69, 9.17) is 11.6 Å². The molecule has 2 aromatic heterocycles. The Kier molecular flexibility index (Phi) is 4.75. The number of hydrogen-bond donors (Lipinski definition) is 1. The van der Waals surface area contributed by atoms with Crippen molar-refractivity contribution in [1.29, 1.82) is 0 Å². The van der Waals surface area contributed by atoms with Gasteiger partial charge in [-0.1, -0.05) is 29.8 Å². The molecule has 0 saturated heterocycles. The molecule has 0 unspecified atom stereocenters. The maximum Gasteiger partial charge on any atom is 0.272 e. The SMILES string of the molecule is CN(c1ccccc1)c1ccc(NS(=O)(=O)c2ccc(Cl)s2)nc1. The fraction of sp³-hybridized carbons (Fsp3) is 0.0625. The van der Waals surface area contributed by atoms with Gasteiger partial charge in [0, 0.05) is 12.7 Å². The van der Waals surface area contributed by atoms with Crippen LogP contribution in [0, 0.1) is 0 Å². The lowest BCUT2D eigenvalue weighted by molar-refractivity contribution is 0.603. The molecule has 1 N–H and O–H groups in total. The molecule has 0 saturated carbocycles. The van der Waals surface area contributed by atoms with Crippen LogP contribution in [-0.4, -0.2) is 20.4 Å². The first-order valence-electron chi connectivity index (χ1n) is 6.99. The number of anilines is 3. The average molecular weight is 380 g/mol. The molecule has 124 valence electrons. The molecule has 0 radical (unpaired) electrons. The van der Waals surface area contributed by atoms with E-state index < -0.39 is 10.0 Å². The molecule has 24 heavy (non-hydrogen) atoms. The molecule has 0 spiro atoms. The number of halogens is 1. The Morgan fingerprint density at radius 1 is 1.04 bits per heavy atom. The molecule has 3 aromatic rings. The first-order valence-corrected chi connectivity index (χ1v) is 9.66. The maximum atomic E-state index is 12.2. The lowest BCUT2D eigenvalue weighted by atomic mass is 10.3. The van der Waals surface area contributed by atoms with E-state index in [0.29, 0.717) is 4.34 Å². The second-order valence-corrected chi connectivity index (χ2v) is 8.58. The molecule has 0 bridgehead atoms. The fourth-order valence-corrected chi connectivity index (χ4v) is 4.57. The Bertz CT molecular complexity index is 925. The summed E-state index contributed by atoms with van der Waals surface area (Å²) in [4.78, 5) is 6.15. The summed E-state index contributed by atoms with van der Waals surface area (Å²) in [6, 6.07) is 16.3. The topological polar surface area (TPSA) is 62.3 Å². The first kappa shape index (κ1) is 16.8. The van der Waals surface area contributed by atoms with Gasteiger partial charge in [0.15, 0.2) is 0 Å². The molecule has 0 aliphatic carbocycles. The van der Waals surface area contributed by atoms with Crippen molar-refractivity contribution in [2.45, 2.75) is 4.21 Å². The van der Waals surface area contributed by atoms with E-state index in [0.717, 1.165) is 22.7 Å². The van der Waals surface area contributed by atoms with Gasteiger partial charge in [0.2, 0.25) is 0 Å². The first-order chi connectivity index (χ1) is 11.5. The van der Waals surface area contributed by atoms with Gasteiger partial charge >= 0.3 is 0 Å². The van der Waals surface area contributed by atoms with Crippen molar-refractivity contribution in [1.82, 2.24) is 4.98 Å². The monoisotopic (exact) mass is 379 g/mol. The van der Waals surface area contributed by atoms with Gasteiger partial charge in [0.05, 0.1) is 16.2 Å². The van der Waals surface area contributed by atoms with E-state index >= 15 is 0 Å². The number of para-hydroxylation sites is 1. The summed E-state index contributed by atoms with van der Waals surface area (Å²) in [6.45, 7) is 0. The predicted octanol–water partition coefficient (Wildman–Crippen LogP) is 4.37. The van der Waals surface area contributed by atoms with Crippen molar-refractivity contribution in [3.05, 3.63) is 65.1 Å². The van der Waals surface area contributed by atoms with Gasteiger partial charge in [0.25, 0.3) is 10.0 Å². The lowest BCUT2D eigenvalue weighted by Gasteiger charge is -2.19. The molecule has 1 aromatic carbocycles. The van der Waals surface area contributed by atoms with Crippen LogP contribution in [0.5, 0.6) is 0 Å². The summed E-state index contributed by atoms with van der Waals surface area (Å²) >= 11 is 6.79. The third-order valence-corrected chi connectivity index (χ3v) is 6.41. The third-order valence-electron chi connectivity index (χ3n) is 3.33. The smallest absolute Gasteiger partial charge is 0.272 e. The molecular weight excluding hydrogens is 366 g/mol. The highest BCUT2D eigenvalue weighted by Gasteiger charge is 2.17. The number of sulfonamides is 1. The summed E-state index contributed by atoms with van der Waals surface area (Å²) in [5, 5.41) is 0. The molecule has 0 fully saturated rings. The van der Waals surface area contributed by atoms with Crippen molar-refractivity contribution < 1.29 is 8.42 Å². The van der Waals surface area contributed by atoms with Crippen molar-refractivity contribution in [3.8, 4) is 0 Å². The molecule has 8 heteroatoms. The maximum absolute atomic E-state index is 12.2. The minimum Gasteiger partial charge on any atom is -0.343 e. The van der Waals surface area contributed by atoms with Crippen molar-refractivity contribution in [2.24, 2.45) is 0 Å². The third kappa shape index (κ3) is 3.69. The molecule has 0 amide bonds. The van der Waals surface area contributed by atoms with Crippen molar-refractivity contribution >= 4 is 50.2 Å². The normalized spacial score (nSPS) is 11.2. The van der Waals surface area contributed by atoms with Gasteiger partial charge in [-0.15, -0.1) is 11.3 Å². The zero-order valence-corrected chi connectivity index (χ0v) is 15.1. The number of thiophene rings is 1. The van der Waals surface area contributed by atoms with Gasteiger partial charge in [0.1, 0.15) is 10.0 Å². The van der Waals surface area contributed by atoms with E-state index in [9.17, 15) is 8.42 Å². The Labute approximate surface area is 149 Å². The Hall–Kier alpha value is -2.09. The number of rotatable bonds is 5. The predicted molar refractivity (Wildman–Crippen MR) is 98.9 cm³/mol. The van der Waals surface area contributed by atoms with Gasteiger partial charge in [-0.05, 0) is 36.4 Å². The molecule has 0 aliphatic rings. The van der Waals surface area contributed by atoms with Crippen LogP contribution < -0.4 is 9.62 Å². The molecule has 0 aliphatic heterocycles. The van der Waals surface area contributed by atoms with Crippen LogP contribution in [0.3, 0.4) is 0 Å². The van der Waals surface area contributed by atoms with Crippen LogP contribution >= 0.6 is 22.9 Å². The van der Waals surface area contributed by atoms with Crippen LogP contribution in [-0.2, 0) is 10.0 Å². The Balaban J connectivity index is 1.78. The van der Waals surface area contributed by atoms with Gasteiger partial charge in [-0.3, -0.25) is 4.72 Å². The van der Waals surface area contributed by atoms with Gasteiger partial charge < -0.3 is 4.90 Å². The Morgan fingerprint density at radius 2 is 1.79 bits per heavy atom. The largest absolute Gasteiger partial charge is 0.343 e. The molecule has 3 rings (SSSR count). The van der Waals surface area contributed by atoms with Crippen molar-refractivity contribution in [3.63, 3.8) is 0 Å². The Morgan fingerprint density at radius 3 is 2.38 bits per heavy atom. The van der Waals surface area contributed by atoms with E-state index in [-0.39, 0.29) is 10.0 Å². The summed E-state index contributed by atoms with van der Waals surface area (Å²) in [5.74, 6) is 0.254. The van der Waals surface area contributed by atoms with Crippen LogP contribution in [0.4, 0.5) is 17.2 Å². The van der Waals surface area contributed by atoms with E-state index in [1.165, 1.54) is 6.07 Å². The highest BCUT2D eigenvalue weighted by molar-refractivity contribution is 7.94. The van der Waals surface area contributed by atoms with E-state index in [2.05, 4.69) is 9.71 Å². The van der Waals surface area contributed by atoms with Crippen LogP contribution in [0.15, 0.2) is 65.0 Å². The summed E-state index contributed by atoms with van der Waals surface area (Å²) < 4.78 is 27.5. The molecule has 5 nitrogen and oxygen atoms in total. The fourth-order valence-electron chi connectivity index (χ4n) is 2.08. The number of nitrogens with one attached hydrogen (secondary N) is 1. The standard InChI is InChI=1S/C16H14ClN3O2S2/c1-20(12-5-3-2-4-6-12)13-7-9-15(18-11-13)19-24(21,22)16-10-8-14(17)23-16/h2-11H,1H3,(H,18,19). The summed E-state index contributed by atoms with van der Waals surface area (Å²) in [5.41, 5.74) is 1.86. The van der Waals surface area contributed by atoms with Gasteiger partial charge in [-0.2, -0.15) is 0 Å². The number of benzene rings is 1. The van der Waals surface area contributed by atoms with Crippen LogP contribution in [0.25, 0.3) is 0 Å². The van der Waals surface area contributed by atoms with E-state index in [1.807, 2.05) is 42.3 Å². The second kappa shape index (κ2) is 6.80. The molecule has 0 atom stereocenters. The van der Waals surface area contributed by atoms with E-state index in [1.54, 1.807) is 24.4 Å². The second-order valence-electron chi connectivity index (χ2n) is 4.96. The average Bonchev–Trinajstić information content (AvgIpc) is 3.03.